The lowest BCUT2D eigenvalue weighted by atomic mass is 10.1. The van der Waals surface area contributed by atoms with E-state index in [9.17, 15) is 4.79 Å². The molecule has 110 valence electrons. The van der Waals surface area contributed by atoms with E-state index in [0.29, 0.717) is 16.1 Å². The lowest BCUT2D eigenvalue weighted by Crippen LogP contribution is -2.26. The Balaban J connectivity index is 1.85. The van der Waals surface area contributed by atoms with E-state index in [1.165, 1.54) is 0 Å². The van der Waals surface area contributed by atoms with E-state index in [2.05, 4.69) is 10.3 Å². The van der Waals surface area contributed by atoms with Gasteiger partial charge in [-0.3, -0.25) is 9.78 Å². The molecular weight excluding hydrogens is 296 g/mol. The van der Waals surface area contributed by atoms with Gasteiger partial charge in [0.25, 0.3) is 5.91 Å². The molecule has 0 radical (unpaired) electrons. The Hall–Kier alpha value is -2.39. The van der Waals surface area contributed by atoms with Gasteiger partial charge < -0.3 is 5.32 Å². The Bertz CT molecular complexity index is 809. The molecule has 0 saturated heterocycles. The summed E-state index contributed by atoms with van der Waals surface area (Å²) in [5.74, 6) is -0.133. The van der Waals surface area contributed by atoms with Gasteiger partial charge in [-0.15, -0.1) is 0 Å². The zero-order valence-electron chi connectivity index (χ0n) is 12.1. The number of rotatable bonds is 3. The number of hydrogen-bond acceptors (Lipinski definition) is 2. The topological polar surface area (TPSA) is 42.0 Å². The van der Waals surface area contributed by atoms with Gasteiger partial charge in [-0.1, -0.05) is 41.9 Å². The van der Waals surface area contributed by atoms with Gasteiger partial charge in [0.1, 0.15) is 0 Å². The Labute approximate surface area is 133 Å². The Morgan fingerprint density at radius 1 is 1.09 bits per heavy atom. The second-order valence-corrected chi connectivity index (χ2v) is 5.56. The van der Waals surface area contributed by atoms with Crippen molar-refractivity contribution in [3.8, 4) is 0 Å². The number of pyridine rings is 1. The van der Waals surface area contributed by atoms with Crippen LogP contribution in [0.3, 0.4) is 0 Å². The van der Waals surface area contributed by atoms with Crippen molar-refractivity contribution in [3.63, 3.8) is 0 Å². The number of nitrogens with one attached hydrogen (secondary N) is 1. The van der Waals surface area contributed by atoms with Crippen molar-refractivity contribution in [1.29, 1.82) is 0 Å². The highest BCUT2D eigenvalue weighted by atomic mass is 35.5. The van der Waals surface area contributed by atoms with Crippen LogP contribution >= 0.6 is 11.6 Å². The summed E-state index contributed by atoms with van der Waals surface area (Å²) in [4.78, 5) is 16.8. The smallest absolute Gasteiger partial charge is 0.253 e. The number of para-hydroxylation sites is 1. The van der Waals surface area contributed by atoms with Gasteiger partial charge in [0, 0.05) is 16.6 Å². The second kappa shape index (κ2) is 6.16. The molecule has 0 aliphatic carbocycles. The monoisotopic (exact) mass is 310 g/mol. The molecule has 0 aliphatic rings. The lowest BCUT2D eigenvalue weighted by Gasteiger charge is -2.15. The predicted octanol–water partition coefficient (Wildman–Crippen LogP) is 4.38. The largest absolute Gasteiger partial charge is 0.345 e. The highest BCUT2D eigenvalue weighted by Crippen LogP contribution is 2.19. The molecule has 1 atom stereocenters. The van der Waals surface area contributed by atoms with Gasteiger partial charge in [-0.2, -0.15) is 0 Å². The van der Waals surface area contributed by atoms with Gasteiger partial charge in [0.2, 0.25) is 0 Å². The minimum atomic E-state index is -0.133. The molecule has 22 heavy (non-hydrogen) atoms. The average Bonchev–Trinajstić information content (AvgIpc) is 2.54. The minimum Gasteiger partial charge on any atom is -0.345 e. The highest BCUT2D eigenvalue weighted by Gasteiger charge is 2.14. The third-order valence-electron chi connectivity index (χ3n) is 3.59. The van der Waals surface area contributed by atoms with Gasteiger partial charge in [0.15, 0.2) is 0 Å². The summed E-state index contributed by atoms with van der Waals surface area (Å²) in [6.07, 6.45) is 1.70. The molecule has 0 saturated carbocycles. The van der Waals surface area contributed by atoms with Gasteiger partial charge >= 0.3 is 0 Å². The van der Waals surface area contributed by atoms with E-state index in [4.69, 9.17) is 11.6 Å². The van der Waals surface area contributed by atoms with Crippen LogP contribution in [0.25, 0.3) is 10.9 Å². The predicted molar refractivity (Wildman–Crippen MR) is 89.1 cm³/mol. The van der Waals surface area contributed by atoms with Crippen LogP contribution in [0.2, 0.25) is 5.02 Å². The summed E-state index contributed by atoms with van der Waals surface area (Å²) in [7, 11) is 0. The maximum atomic E-state index is 12.5. The first kappa shape index (κ1) is 14.5. The summed E-state index contributed by atoms with van der Waals surface area (Å²) < 4.78 is 0. The summed E-state index contributed by atoms with van der Waals surface area (Å²) >= 11 is 5.89. The molecule has 3 aromatic rings. The van der Waals surface area contributed by atoms with E-state index in [0.717, 1.165) is 10.9 Å². The molecule has 2 aromatic carbocycles. The molecule has 1 amide bonds. The molecule has 0 fully saturated rings. The summed E-state index contributed by atoms with van der Waals surface area (Å²) in [6.45, 7) is 1.94. The Morgan fingerprint density at radius 3 is 2.59 bits per heavy atom. The number of aromatic nitrogens is 1. The maximum absolute atomic E-state index is 12.5. The Kier molecular flexibility index (Phi) is 4.07. The van der Waals surface area contributed by atoms with Crippen molar-refractivity contribution in [1.82, 2.24) is 10.3 Å². The first-order chi connectivity index (χ1) is 10.6. The van der Waals surface area contributed by atoms with Gasteiger partial charge in [-0.25, -0.2) is 0 Å². The fourth-order valence-corrected chi connectivity index (χ4v) is 2.52. The van der Waals surface area contributed by atoms with E-state index >= 15 is 0 Å². The number of halogens is 1. The van der Waals surface area contributed by atoms with Crippen LogP contribution in [0.4, 0.5) is 0 Å². The molecule has 3 nitrogen and oxygen atoms in total. The van der Waals surface area contributed by atoms with Crippen LogP contribution in [-0.4, -0.2) is 10.9 Å². The van der Waals surface area contributed by atoms with E-state index in [-0.39, 0.29) is 11.9 Å². The number of carbonyl (C=O) groups excluding carboxylic acids is 1. The number of amides is 1. The second-order valence-electron chi connectivity index (χ2n) is 5.13. The van der Waals surface area contributed by atoms with Crippen molar-refractivity contribution in [2.75, 3.05) is 0 Å². The van der Waals surface area contributed by atoms with Crippen LogP contribution in [0.1, 0.15) is 28.9 Å². The minimum absolute atomic E-state index is 0.108. The highest BCUT2D eigenvalue weighted by molar-refractivity contribution is 6.30. The molecule has 0 aliphatic heterocycles. The van der Waals surface area contributed by atoms with Crippen LogP contribution in [-0.2, 0) is 0 Å². The maximum Gasteiger partial charge on any atom is 0.253 e. The van der Waals surface area contributed by atoms with Crippen molar-refractivity contribution in [2.45, 2.75) is 13.0 Å². The molecule has 4 heteroatoms. The number of carbonyl (C=O) groups is 1. The van der Waals surface area contributed by atoms with Crippen LogP contribution in [0, 0.1) is 0 Å². The van der Waals surface area contributed by atoms with Crippen molar-refractivity contribution in [3.05, 3.63) is 76.9 Å². The van der Waals surface area contributed by atoms with Crippen molar-refractivity contribution >= 4 is 28.4 Å². The first-order valence-corrected chi connectivity index (χ1v) is 7.43. The van der Waals surface area contributed by atoms with Gasteiger partial charge in [-0.05, 0) is 36.8 Å². The summed E-state index contributed by atoms with van der Waals surface area (Å²) in [5.41, 5.74) is 2.30. The van der Waals surface area contributed by atoms with Gasteiger partial charge in [0.05, 0.1) is 17.1 Å². The lowest BCUT2D eigenvalue weighted by molar-refractivity contribution is 0.0941. The Morgan fingerprint density at radius 2 is 1.82 bits per heavy atom. The zero-order valence-corrected chi connectivity index (χ0v) is 12.8. The molecule has 0 spiro atoms. The molecule has 1 unspecified atom stereocenters. The zero-order chi connectivity index (χ0) is 15.5. The SMILES string of the molecule is CC(NC(=O)c1cccc2cccnc12)c1ccc(Cl)cc1. The van der Waals surface area contributed by atoms with Crippen LogP contribution < -0.4 is 5.32 Å². The molecule has 1 N–H and O–H groups in total. The number of nitrogens with zero attached hydrogens (tertiary/aromatic N) is 1. The molecule has 1 aromatic heterocycles. The third-order valence-corrected chi connectivity index (χ3v) is 3.85. The van der Waals surface area contributed by atoms with E-state index < -0.39 is 0 Å². The van der Waals surface area contributed by atoms with E-state index in [1.54, 1.807) is 12.3 Å². The van der Waals surface area contributed by atoms with Crippen molar-refractivity contribution < 1.29 is 4.79 Å². The fraction of sp³-hybridized carbons (Fsp3) is 0.111. The van der Waals surface area contributed by atoms with Crippen molar-refractivity contribution in [2.24, 2.45) is 0 Å². The fourth-order valence-electron chi connectivity index (χ4n) is 2.40. The molecule has 0 bridgehead atoms. The average molecular weight is 311 g/mol. The standard InChI is InChI=1S/C18H15ClN2O/c1-12(13-7-9-15(19)10-8-13)21-18(22)16-6-2-4-14-5-3-11-20-17(14)16/h2-12H,1H3,(H,21,22). The normalized spacial score (nSPS) is 12.1. The molecule has 1 heterocycles. The molecule has 3 rings (SSSR count). The number of benzene rings is 2. The quantitative estimate of drug-likeness (QED) is 0.780. The van der Waals surface area contributed by atoms with Crippen LogP contribution in [0.15, 0.2) is 60.8 Å². The first-order valence-electron chi connectivity index (χ1n) is 7.05. The van der Waals surface area contributed by atoms with E-state index in [1.807, 2.05) is 55.5 Å². The van der Waals surface area contributed by atoms with Crippen LogP contribution in [0.5, 0.6) is 0 Å². The summed E-state index contributed by atoms with van der Waals surface area (Å²) in [5, 5.41) is 4.64. The number of fused-ring (bicyclic) bond motifs is 1. The molecular formula is C18H15ClN2O. The number of hydrogen-bond donors (Lipinski definition) is 1. The summed E-state index contributed by atoms with van der Waals surface area (Å²) in [6, 6.07) is 16.8. The third kappa shape index (κ3) is 2.95.